The SMILES string of the molecule is Cc1nccc(C(=O)N2CCCC2c2cnn(C)c2)n1. The smallest absolute Gasteiger partial charge is 0.273 e. The molecule has 2 aromatic heterocycles. The molecule has 1 amide bonds. The van der Waals surface area contributed by atoms with Gasteiger partial charge in [-0.15, -0.1) is 0 Å². The third kappa shape index (κ3) is 2.29. The van der Waals surface area contributed by atoms with Crippen LogP contribution in [0.2, 0.25) is 0 Å². The van der Waals surface area contributed by atoms with Crippen molar-refractivity contribution < 1.29 is 4.79 Å². The molecule has 3 rings (SSSR count). The molecule has 0 saturated carbocycles. The third-order valence-electron chi connectivity index (χ3n) is 3.62. The highest BCUT2D eigenvalue weighted by molar-refractivity contribution is 5.92. The Balaban J connectivity index is 1.87. The monoisotopic (exact) mass is 271 g/mol. The van der Waals surface area contributed by atoms with Crippen LogP contribution >= 0.6 is 0 Å². The topological polar surface area (TPSA) is 63.9 Å². The molecular weight excluding hydrogens is 254 g/mol. The van der Waals surface area contributed by atoms with Crippen LogP contribution in [0.25, 0.3) is 0 Å². The van der Waals surface area contributed by atoms with Gasteiger partial charge in [0.05, 0.1) is 12.2 Å². The molecule has 1 saturated heterocycles. The van der Waals surface area contributed by atoms with Gasteiger partial charge in [-0.2, -0.15) is 5.10 Å². The first-order valence-corrected chi connectivity index (χ1v) is 6.74. The molecule has 0 aromatic carbocycles. The van der Waals surface area contributed by atoms with E-state index in [9.17, 15) is 4.79 Å². The van der Waals surface area contributed by atoms with Crippen LogP contribution < -0.4 is 0 Å². The fourth-order valence-corrected chi connectivity index (χ4v) is 2.69. The Morgan fingerprint density at radius 1 is 1.45 bits per heavy atom. The summed E-state index contributed by atoms with van der Waals surface area (Å²) in [7, 11) is 1.89. The number of nitrogens with zero attached hydrogens (tertiary/aromatic N) is 5. The Hall–Kier alpha value is -2.24. The van der Waals surface area contributed by atoms with Crippen LogP contribution in [-0.4, -0.2) is 37.1 Å². The van der Waals surface area contributed by atoms with Gasteiger partial charge in [-0.3, -0.25) is 9.48 Å². The normalized spacial score (nSPS) is 18.5. The van der Waals surface area contributed by atoms with E-state index in [1.165, 1.54) is 0 Å². The summed E-state index contributed by atoms with van der Waals surface area (Å²) in [5.41, 5.74) is 1.55. The highest BCUT2D eigenvalue weighted by atomic mass is 16.2. The third-order valence-corrected chi connectivity index (χ3v) is 3.62. The molecule has 3 heterocycles. The average Bonchev–Trinajstić information content (AvgIpc) is 3.06. The van der Waals surface area contributed by atoms with E-state index in [2.05, 4.69) is 15.1 Å². The fraction of sp³-hybridized carbons (Fsp3) is 0.429. The van der Waals surface area contributed by atoms with Crippen molar-refractivity contribution in [3.63, 3.8) is 0 Å². The predicted molar refractivity (Wildman–Crippen MR) is 73.0 cm³/mol. The summed E-state index contributed by atoms with van der Waals surface area (Å²) in [6, 6.07) is 1.78. The van der Waals surface area contributed by atoms with Crippen LogP contribution in [0.4, 0.5) is 0 Å². The second kappa shape index (κ2) is 5.03. The van der Waals surface area contributed by atoms with Crippen LogP contribution in [0.15, 0.2) is 24.7 Å². The number of hydrogen-bond acceptors (Lipinski definition) is 4. The van der Waals surface area contributed by atoms with E-state index in [1.54, 1.807) is 23.9 Å². The highest BCUT2D eigenvalue weighted by Gasteiger charge is 2.31. The van der Waals surface area contributed by atoms with Crippen LogP contribution in [0.3, 0.4) is 0 Å². The van der Waals surface area contributed by atoms with Crippen molar-refractivity contribution in [3.8, 4) is 0 Å². The minimum atomic E-state index is -0.0261. The van der Waals surface area contributed by atoms with Gasteiger partial charge in [-0.25, -0.2) is 9.97 Å². The molecule has 1 fully saturated rings. The summed E-state index contributed by atoms with van der Waals surface area (Å²) < 4.78 is 1.77. The molecule has 1 atom stereocenters. The first kappa shape index (κ1) is 12.8. The van der Waals surface area contributed by atoms with E-state index >= 15 is 0 Å². The van der Waals surface area contributed by atoms with Crippen molar-refractivity contribution in [2.24, 2.45) is 7.05 Å². The molecular formula is C14H17N5O. The van der Waals surface area contributed by atoms with Crippen molar-refractivity contribution in [2.45, 2.75) is 25.8 Å². The fourth-order valence-electron chi connectivity index (χ4n) is 2.69. The number of carbonyl (C=O) groups excluding carboxylic acids is 1. The average molecular weight is 271 g/mol. The Labute approximate surface area is 117 Å². The van der Waals surface area contributed by atoms with Crippen molar-refractivity contribution >= 4 is 5.91 Å². The lowest BCUT2D eigenvalue weighted by molar-refractivity contribution is 0.0729. The van der Waals surface area contributed by atoms with Crippen LogP contribution in [-0.2, 0) is 7.05 Å². The van der Waals surface area contributed by atoms with E-state index in [-0.39, 0.29) is 11.9 Å². The summed E-state index contributed by atoms with van der Waals surface area (Å²) in [6.07, 6.45) is 7.42. The summed E-state index contributed by atoms with van der Waals surface area (Å²) in [5.74, 6) is 0.592. The molecule has 1 unspecified atom stereocenters. The quantitative estimate of drug-likeness (QED) is 0.830. The predicted octanol–water partition coefficient (Wildman–Crippen LogP) is 1.50. The lowest BCUT2D eigenvalue weighted by Gasteiger charge is -2.23. The van der Waals surface area contributed by atoms with E-state index in [4.69, 9.17) is 0 Å². The molecule has 2 aromatic rings. The lowest BCUT2D eigenvalue weighted by atomic mass is 10.1. The van der Waals surface area contributed by atoms with Crippen LogP contribution in [0.5, 0.6) is 0 Å². The molecule has 6 nitrogen and oxygen atoms in total. The zero-order chi connectivity index (χ0) is 14.1. The minimum absolute atomic E-state index is 0.0261. The Kier molecular flexibility index (Phi) is 3.22. The molecule has 1 aliphatic rings. The Morgan fingerprint density at radius 3 is 3.00 bits per heavy atom. The highest BCUT2D eigenvalue weighted by Crippen LogP contribution is 2.32. The van der Waals surface area contributed by atoms with Gasteiger partial charge in [-0.1, -0.05) is 0 Å². The van der Waals surface area contributed by atoms with E-state index in [0.717, 1.165) is 24.9 Å². The maximum Gasteiger partial charge on any atom is 0.273 e. The van der Waals surface area contributed by atoms with Gasteiger partial charge in [0.15, 0.2) is 0 Å². The minimum Gasteiger partial charge on any atom is -0.330 e. The van der Waals surface area contributed by atoms with Crippen LogP contribution in [0.1, 0.15) is 40.8 Å². The molecule has 0 radical (unpaired) electrons. The summed E-state index contributed by atoms with van der Waals surface area (Å²) in [6.45, 7) is 2.56. The van der Waals surface area contributed by atoms with E-state index in [0.29, 0.717) is 11.5 Å². The van der Waals surface area contributed by atoms with Gasteiger partial charge in [0.1, 0.15) is 11.5 Å². The number of rotatable bonds is 2. The largest absolute Gasteiger partial charge is 0.330 e. The molecule has 1 aliphatic heterocycles. The van der Waals surface area contributed by atoms with Crippen molar-refractivity contribution in [2.75, 3.05) is 6.54 Å². The zero-order valence-electron chi connectivity index (χ0n) is 11.7. The van der Waals surface area contributed by atoms with Crippen molar-refractivity contribution in [1.29, 1.82) is 0 Å². The molecule has 104 valence electrons. The van der Waals surface area contributed by atoms with Crippen molar-refractivity contribution in [3.05, 3.63) is 41.7 Å². The molecule has 6 heteroatoms. The van der Waals surface area contributed by atoms with Gasteiger partial charge >= 0.3 is 0 Å². The number of aromatic nitrogens is 4. The van der Waals surface area contributed by atoms with E-state index < -0.39 is 0 Å². The van der Waals surface area contributed by atoms with Gasteiger partial charge in [0, 0.05) is 31.5 Å². The molecule has 0 bridgehead atoms. The summed E-state index contributed by atoms with van der Waals surface area (Å²) in [4.78, 5) is 22.7. The van der Waals surface area contributed by atoms with Gasteiger partial charge in [0.25, 0.3) is 5.91 Å². The first-order valence-electron chi connectivity index (χ1n) is 6.74. The molecule has 0 aliphatic carbocycles. The van der Waals surface area contributed by atoms with E-state index in [1.807, 2.05) is 24.3 Å². The molecule has 20 heavy (non-hydrogen) atoms. The summed E-state index contributed by atoms with van der Waals surface area (Å²) >= 11 is 0. The standard InChI is InChI=1S/C14H17N5O/c1-10-15-6-5-12(17-10)14(20)19-7-3-4-13(19)11-8-16-18(2)9-11/h5-6,8-9,13H,3-4,7H2,1-2H3. The lowest BCUT2D eigenvalue weighted by Crippen LogP contribution is -2.31. The Morgan fingerprint density at radius 2 is 2.30 bits per heavy atom. The zero-order valence-corrected chi connectivity index (χ0v) is 11.7. The number of carbonyl (C=O) groups is 1. The second-order valence-electron chi connectivity index (χ2n) is 5.09. The molecule has 0 N–H and O–H groups in total. The maximum absolute atomic E-state index is 12.6. The summed E-state index contributed by atoms with van der Waals surface area (Å²) in [5, 5.41) is 4.19. The Bertz CT molecular complexity index is 636. The van der Waals surface area contributed by atoms with Crippen molar-refractivity contribution in [1.82, 2.24) is 24.6 Å². The number of aryl methyl sites for hydroxylation is 2. The van der Waals surface area contributed by atoms with Gasteiger partial charge < -0.3 is 4.90 Å². The second-order valence-corrected chi connectivity index (χ2v) is 5.09. The first-order chi connectivity index (χ1) is 9.65. The maximum atomic E-state index is 12.6. The van der Waals surface area contributed by atoms with Crippen LogP contribution in [0, 0.1) is 6.92 Å². The number of amides is 1. The number of hydrogen-bond donors (Lipinski definition) is 0. The molecule has 0 spiro atoms. The van der Waals surface area contributed by atoms with Gasteiger partial charge in [0.2, 0.25) is 0 Å². The number of likely N-dealkylation sites (tertiary alicyclic amines) is 1. The van der Waals surface area contributed by atoms with Gasteiger partial charge in [-0.05, 0) is 25.8 Å².